The van der Waals surface area contributed by atoms with Gasteiger partial charge in [-0.15, -0.1) is 0 Å². The smallest absolute Gasteiger partial charge is 0.356 e. The van der Waals surface area contributed by atoms with E-state index in [4.69, 9.17) is 5.11 Å². The number of imidazole rings is 1. The van der Waals surface area contributed by atoms with E-state index in [1.807, 2.05) is 12.1 Å². The SMILES string of the molecule is O=C(O)c1cn(Cc2ccc(N3CC4(CC4)C3)nc2Br)cn1. The van der Waals surface area contributed by atoms with Crippen molar-refractivity contribution < 1.29 is 9.90 Å². The summed E-state index contributed by atoms with van der Waals surface area (Å²) in [5.41, 5.74) is 1.66. The maximum absolute atomic E-state index is 10.8. The topological polar surface area (TPSA) is 71.2 Å². The van der Waals surface area contributed by atoms with E-state index in [0.717, 1.165) is 29.1 Å². The molecule has 1 saturated carbocycles. The molecule has 1 aliphatic heterocycles. The summed E-state index contributed by atoms with van der Waals surface area (Å²) in [5.74, 6) is -0.0110. The first-order valence-electron chi connectivity index (χ1n) is 7.20. The molecule has 2 aromatic heterocycles. The molecule has 1 N–H and O–H groups in total. The molecule has 6 nitrogen and oxygen atoms in total. The highest BCUT2D eigenvalue weighted by Gasteiger charge is 2.52. The second-order valence-electron chi connectivity index (χ2n) is 6.21. The zero-order valence-corrected chi connectivity index (χ0v) is 13.5. The minimum atomic E-state index is -1.02. The van der Waals surface area contributed by atoms with Crippen molar-refractivity contribution in [2.24, 2.45) is 5.41 Å². The Morgan fingerprint density at radius 2 is 2.14 bits per heavy atom. The third kappa shape index (κ3) is 2.39. The van der Waals surface area contributed by atoms with Crippen molar-refractivity contribution in [1.29, 1.82) is 0 Å². The van der Waals surface area contributed by atoms with Crippen LogP contribution in [0.15, 0.2) is 29.3 Å². The Bertz CT molecular complexity index is 746. The number of halogens is 1. The highest BCUT2D eigenvalue weighted by Crippen LogP contribution is 2.53. The number of carboxylic acid groups (broad SMARTS) is 1. The minimum Gasteiger partial charge on any atom is -0.476 e. The molecule has 3 heterocycles. The number of anilines is 1. The third-order valence-electron chi connectivity index (χ3n) is 4.45. The largest absolute Gasteiger partial charge is 0.476 e. The van der Waals surface area contributed by atoms with Crippen LogP contribution in [0.2, 0.25) is 0 Å². The molecule has 1 saturated heterocycles. The number of hydrogen-bond acceptors (Lipinski definition) is 4. The van der Waals surface area contributed by atoms with Crippen LogP contribution in [0.4, 0.5) is 5.82 Å². The highest BCUT2D eigenvalue weighted by molar-refractivity contribution is 9.10. The molecular formula is C15H15BrN4O2. The van der Waals surface area contributed by atoms with Gasteiger partial charge >= 0.3 is 5.97 Å². The molecule has 0 unspecified atom stereocenters. The lowest BCUT2D eigenvalue weighted by Gasteiger charge is -2.41. The number of hydrogen-bond donors (Lipinski definition) is 1. The summed E-state index contributed by atoms with van der Waals surface area (Å²) in [7, 11) is 0. The van der Waals surface area contributed by atoms with Gasteiger partial charge in [0.25, 0.3) is 0 Å². The van der Waals surface area contributed by atoms with Crippen molar-refractivity contribution >= 4 is 27.7 Å². The Morgan fingerprint density at radius 3 is 2.73 bits per heavy atom. The predicted octanol–water partition coefficient (Wildman–Crippen LogP) is 2.39. The second-order valence-corrected chi connectivity index (χ2v) is 6.96. The first kappa shape index (κ1) is 13.8. The number of aromatic nitrogens is 3. The van der Waals surface area contributed by atoms with Crippen molar-refractivity contribution in [3.8, 4) is 0 Å². The summed E-state index contributed by atoms with van der Waals surface area (Å²) in [6, 6.07) is 4.06. The van der Waals surface area contributed by atoms with Crippen molar-refractivity contribution in [1.82, 2.24) is 14.5 Å². The van der Waals surface area contributed by atoms with Crippen molar-refractivity contribution in [2.45, 2.75) is 19.4 Å². The number of aromatic carboxylic acids is 1. The van der Waals surface area contributed by atoms with E-state index in [1.165, 1.54) is 25.4 Å². The summed E-state index contributed by atoms with van der Waals surface area (Å²) >= 11 is 3.52. The van der Waals surface area contributed by atoms with E-state index >= 15 is 0 Å². The predicted molar refractivity (Wildman–Crippen MR) is 84.1 cm³/mol. The number of rotatable bonds is 4. The highest BCUT2D eigenvalue weighted by atomic mass is 79.9. The minimum absolute atomic E-state index is 0.0519. The van der Waals surface area contributed by atoms with Crippen LogP contribution in [0.5, 0.6) is 0 Å². The summed E-state index contributed by atoms with van der Waals surface area (Å²) in [6.07, 6.45) is 5.76. The molecule has 0 atom stereocenters. The van der Waals surface area contributed by atoms with Crippen LogP contribution < -0.4 is 4.90 Å². The van der Waals surface area contributed by atoms with Crippen molar-refractivity contribution in [2.75, 3.05) is 18.0 Å². The van der Waals surface area contributed by atoms with Gasteiger partial charge in [0.2, 0.25) is 0 Å². The molecule has 0 bridgehead atoms. The van der Waals surface area contributed by atoms with E-state index < -0.39 is 5.97 Å². The van der Waals surface area contributed by atoms with Crippen LogP contribution in [0.25, 0.3) is 0 Å². The van der Waals surface area contributed by atoms with E-state index in [-0.39, 0.29) is 5.69 Å². The first-order chi connectivity index (χ1) is 10.5. The normalized spacial score (nSPS) is 18.3. The molecule has 7 heteroatoms. The Balaban J connectivity index is 1.48. The third-order valence-corrected chi connectivity index (χ3v) is 5.14. The van der Waals surface area contributed by atoms with E-state index in [0.29, 0.717) is 12.0 Å². The average molecular weight is 363 g/mol. The van der Waals surface area contributed by atoms with Crippen LogP contribution in [0, 0.1) is 5.41 Å². The lowest BCUT2D eigenvalue weighted by Crippen LogP contribution is -2.48. The standard InChI is InChI=1S/C15H15BrN4O2/c16-13-10(5-19-6-11(14(21)22)17-9-19)1-2-12(18-13)20-7-15(8-20)3-4-15/h1-2,6,9H,3-5,7-8H2,(H,21,22). The van der Waals surface area contributed by atoms with Crippen LogP contribution >= 0.6 is 15.9 Å². The van der Waals surface area contributed by atoms with Gasteiger partial charge in [-0.1, -0.05) is 6.07 Å². The molecule has 1 spiro atoms. The molecule has 114 valence electrons. The fourth-order valence-electron chi connectivity index (χ4n) is 2.92. The quantitative estimate of drug-likeness (QED) is 0.845. The molecule has 4 rings (SSSR count). The number of nitrogens with zero attached hydrogens (tertiary/aromatic N) is 4. The molecule has 0 amide bonds. The van der Waals surface area contributed by atoms with E-state index in [9.17, 15) is 4.79 Å². The van der Waals surface area contributed by atoms with Gasteiger partial charge in [-0.05, 0) is 34.8 Å². The number of pyridine rings is 1. The van der Waals surface area contributed by atoms with Crippen LogP contribution in [-0.4, -0.2) is 38.7 Å². The molecule has 0 radical (unpaired) electrons. The maximum atomic E-state index is 10.8. The van der Waals surface area contributed by atoms with Crippen molar-refractivity contribution in [3.05, 3.63) is 40.5 Å². The summed E-state index contributed by atoms with van der Waals surface area (Å²) in [6.45, 7) is 2.78. The Labute approximate surface area is 135 Å². The molecule has 2 aromatic rings. The van der Waals surface area contributed by atoms with Crippen LogP contribution in [0.3, 0.4) is 0 Å². The molecule has 0 aromatic carbocycles. The average Bonchev–Trinajstić information content (AvgIpc) is 3.11. The van der Waals surface area contributed by atoms with Gasteiger partial charge in [-0.3, -0.25) is 0 Å². The lowest BCUT2D eigenvalue weighted by atomic mass is 9.97. The Morgan fingerprint density at radius 1 is 1.36 bits per heavy atom. The maximum Gasteiger partial charge on any atom is 0.356 e. The van der Waals surface area contributed by atoms with Gasteiger partial charge in [0.15, 0.2) is 5.69 Å². The van der Waals surface area contributed by atoms with Gasteiger partial charge in [-0.2, -0.15) is 0 Å². The van der Waals surface area contributed by atoms with Crippen LogP contribution in [-0.2, 0) is 6.54 Å². The van der Waals surface area contributed by atoms with Gasteiger partial charge < -0.3 is 14.6 Å². The van der Waals surface area contributed by atoms with Crippen LogP contribution in [0.1, 0.15) is 28.9 Å². The Hall–Kier alpha value is -1.89. The van der Waals surface area contributed by atoms with Gasteiger partial charge in [0.05, 0.1) is 12.9 Å². The van der Waals surface area contributed by atoms with Gasteiger partial charge in [0.1, 0.15) is 10.4 Å². The monoisotopic (exact) mass is 362 g/mol. The number of carboxylic acids is 1. The Kier molecular flexibility index (Phi) is 3.00. The fraction of sp³-hybridized carbons (Fsp3) is 0.400. The second kappa shape index (κ2) is 4.81. The zero-order valence-electron chi connectivity index (χ0n) is 11.9. The van der Waals surface area contributed by atoms with Gasteiger partial charge in [0, 0.05) is 30.3 Å². The molecule has 2 fully saturated rings. The number of carbonyl (C=O) groups is 1. The molecular weight excluding hydrogens is 348 g/mol. The molecule has 2 aliphatic rings. The van der Waals surface area contributed by atoms with E-state index in [1.54, 1.807) is 4.57 Å². The first-order valence-corrected chi connectivity index (χ1v) is 7.99. The summed E-state index contributed by atoms with van der Waals surface area (Å²) in [5, 5.41) is 8.89. The lowest BCUT2D eigenvalue weighted by molar-refractivity contribution is 0.0691. The fourth-order valence-corrected chi connectivity index (χ4v) is 3.36. The molecule has 1 aliphatic carbocycles. The van der Waals surface area contributed by atoms with Crippen molar-refractivity contribution in [3.63, 3.8) is 0 Å². The zero-order chi connectivity index (χ0) is 15.3. The summed E-state index contributed by atoms with van der Waals surface area (Å²) in [4.78, 5) is 21.6. The van der Waals surface area contributed by atoms with E-state index in [2.05, 4.69) is 30.8 Å². The van der Waals surface area contributed by atoms with Gasteiger partial charge in [-0.25, -0.2) is 14.8 Å². The summed E-state index contributed by atoms with van der Waals surface area (Å²) < 4.78 is 2.54. The molecule has 22 heavy (non-hydrogen) atoms.